The normalized spacial score (nSPS) is 8.93. The number of rotatable bonds is 4. The van der Waals surface area contributed by atoms with E-state index in [1.54, 1.807) is 32.5 Å². The molecule has 1 aromatic heterocycles. The number of methoxy groups -OCH3 is 1. The van der Waals surface area contributed by atoms with Crippen LogP contribution in [0.25, 0.3) is 0 Å². The summed E-state index contributed by atoms with van der Waals surface area (Å²) >= 11 is 0. The molecule has 0 radical (unpaired) electrons. The van der Waals surface area contributed by atoms with Crippen LogP contribution in [0.2, 0.25) is 0 Å². The maximum absolute atomic E-state index is 11.1. The predicted molar refractivity (Wildman–Crippen MR) is 60.6 cm³/mol. The maximum atomic E-state index is 11.1. The smallest absolute Gasteiger partial charge is 0.239 e. The van der Waals surface area contributed by atoms with E-state index in [0.29, 0.717) is 11.6 Å². The molecular formula is C9H14ClN3O2. The van der Waals surface area contributed by atoms with Crippen LogP contribution in [0.1, 0.15) is 0 Å². The zero-order valence-electron chi connectivity index (χ0n) is 8.61. The lowest BCUT2D eigenvalue weighted by molar-refractivity contribution is -0.115. The molecule has 0 atom stereocenters. The average Bonchev–Trinajstić information content (AvgIpc) is 2.19. The quantitative estimate of drug-likeness (QED) is 0.800. The zero-order valence-corrected chi connectivity index (χ0v) is 9.43. The first-order chi connectivity index (χ1) is 6.76. The third kappa shape index (κ3) is 4.62. The molecule has 1 aromatic rings. The van der Waals surface area contributed by atoms with Crippen molar-refractivity contribution in [1.29, 1.82) is 0 Å². The Morgan fingerprint density at radius 3 is 2.73 bits per heavy atom. The van der Waals surface area contributed by atoms with Crippen molar-refractivity contribution >= 4 is 24.1 Å². The zero-order chi connectivity index (χ0) is 10.4. The fraction of sp³-hybridized carbons (Fsp3) is 0.333. The Balaban J connectivity index is 0.00000196. The van der Waals surface area contributed by atoms with Gasteiger partial charge in [-0.1, -0.05) is 0 Å². The number of aromatic nitrogens is 1. The van der Waals surface area contributed by atoms with Crippen LogP contribution >= 0.6 is 12.4 Å². The van der Waals surface area contributed by atoms with Gasteiger partial charge in [0.1, 0.15) is 11.6 Å². The highest BCUT2D eigenvalue weighted by molar-refractivity contribution is 5.91. The molecule has 0 saturated carbocycles. The molecule has 1 rings (SSSR count). The van der Waals surface area contributed by atoms with E-state index in [0.717, 1.165) is 0 Å². The summed E-state index contributed by atoms with van der Waals surface area (Å²) in [6.45, 7) is 0.272. The SMILES string of the molecule is CNCC(=O)Nc1ccc(OC)cn1.Cl. The number of hydrogen-bond acceptors (Lipinski definition) is 4. The van der Waals surface area contributed by atoms with Crippen LogP contribution in [-0.2, 0) is 4.79 Å². The van der Waals surface area contributed by atoms with E-state index >= 15 is 0 Å². The summed E-state index contributed by atoms with van der Waals surface area (Å²) in [7, 11) is 3.28. The van der Waals surface area contributed by atoms with Crippen molar-refractivity contribution in [2.75, 3.05) is 26.0 Å². The minimum Gasteiger partial charge on any atom is -0.495 e. The molecule has 0 fully saturated rings. The van der Waals surface area contributed by atoms with Gasteiger partial charge in [0.15, 0.2) is 0 Å². The summed E-state index contributed by atoms with van der Waals surface area (Å²) in [5.41, 5.74) is 0. The Bertz CT molecular complexity index is 303. The van der Waals surface area contributed by atoms with Gasteiger partial charge in [-0.05, 0) is 19.2 Å². The van der Waals surface area contributed by atoms with Gasteiger partial charge in [-0.2, -0.15) is 0 Å². The first kappa shape index (κ1) is 13.7. The molecule has 1 heterocycles. The molecule has 6 heteroatoms. The van der Waals surface area contributed by atoms with Crippen molar-refractivity contribution in [2.24, 2.45) is 0 Å². The number of hydrogen-bond donors (Lipinski definition) is 2. The van der Waals surface area contributed by atoms with Crippen LogP contribution < -0.4 is 15.4 Å². The van der Waals surface area contributed by atoms with Crippen LogP contribution in [0.3, 0.4) is 0 Å². The highest BCUT2D eigenvalue weighted by atomic mass is 35.5. The van der Waals surface area contributed by atoms with E-state index in [9.17, 15) is 4.79 Å². The number of likely N-dealkylation sites (N-methyl/N-ethyl adjacent to an activating group) is 1. The van der Waals surface area contributed by atoms with E-state index in [1.807, 2.05) is 0 Å². The van der Waals surface area contributed by atoms with Gasteiger partial charge in [0, 0.05) is 0 Å². The predicted octanol–water partition coefficient (Wildman–Crippen LogP) is 0.670. The van der Waals surface area contributed by atoms with E-state index in [1.165, 1.54) is 0 Å². The summed E-state index contributed by atoms with van der Waals surface area (Å²) in [6.07, 6.45) is 1.55. The lowest BCUT2D eigenvalue weighted by atomic mass is 10.4. The molecule has 0 spiro atoms. The first-order valence-electron chi connectivity index (χ1n) is 4.20. The molecule has 0 saturated heterocycles. The number of carbonyl (C=O) groups excluding carboxylic acids is 1. The monoisotopic (exact) mass is 231 g/mol. The summed E-state index contributed by atoms with van der Waals surface area (Å²) < 4.78 is 4.93. The second-order valence-electron chi connectivity index (χ2n) is 2.66. The molecule has 0 aliphatic rings. The fourth-order valence-electron chi connectivity index (χ4n) is 0.923. The highest BCUT2D eigenvalue weighted by Gasteiger charge is 2.00. The third-order valence-corrected chi connectivity index (χ3v) is 1.58. The summed E-state index contributed by atoms with van der Waals surface area (Å²) in [5, 5.41) is 5.37. The number of carbonyl (C=O) groups is 1. The molecule has 15 heavy (non-hydrogen) atoms. The number of pyridine rings is 1. The molecule has 84 valence electrons. The standard InChI is InChI=1S/C9H13N3O2.ClH/c1-10-6-9(13)12-8-4-3-7(14-2)5-11-8;/h3-5,10H,6H2,1-2H3,(H,11,12,13);1H. The topological polar surface area (TPSA) is 63.2 Å². The summed E-state index contributed by atoms with van der Waals surface area (Å²) in [5.74, 6) is 1.06. The van der Waals surface area contributed by atoms with Crippen molar-refractivity contribution in [3.05, 3.63) is 18.3 Å². The van der Waals surface area contributed by atoms with Crippen LogP contribution in [0.4, 0.5) is 5.82 Å². The van der Waals surface area contributed by atoms with Crippen molar-refractivity contribution in [1.82, 2.24) is 10.3 Å². The number of amides is 1. The molecule has 0 bridgehead atoms. The van der Waals surface area contributed by atoms with E-state index in [4.69, 9.17) is 4.74 Å². The van der Waals surface area contributed by atoms with E-state index in [-0.39, 0.29) is 24.9 Å². The van der Waals surface area contributed by atoms with Gasteiger partial charge in [0.05, 0.1) is 19.9 Å². The number of nitrogens with one attached hydrogen (secondary N) is 2. The number of halogens is 1. The van der Waals surface area contributed by atoms with Crippen LogP contribution in [0, 0.1) is 0 Å². The van der Waals surface area contributed by atoms with Crippen molar-refractivity contribution < 1.29 is 9.53 Å². The Labute approximate surface area is 94.6 Å². The largest absolute Gasteiger partial charge is 0.495 e. The second-order valence-corrected chi connectivity index (χ2v) is 2.66. The molecular weight excluding hydrogens is 218 g/mol. The Morgan fingerprint density at radius 1 is 1.53 bits per heavy atom. The number of ether oxygens (including phenoxy) is 1. The van der Waals surface area contributed by atoms with Gasteiger partial charge in [-0.15, -0.1) is 12.4 Å². The van der Waals surface area contributed by atoms with Crippen molar-refractivity contribution in [3.63, 3.8) is 0 Å². The van der Waals surface area contributed by atoms with Gasteiger partial charge in [-0.3, -0.25) is 4.79 Å². The molecule has 1 amide bonds. The van der Waals surface area contributed by atoms with E-state index < -0.39 is 0 Å². The van der Waals surface area contributed by atoms with Gasteiger partial charge in [0.2, 0.25) is 5.91 Å². The van der Waals surface area contributed by atoms with E-state index in [2.05, 4.69) is 15.6 Å². The van der Waals surface area contributed by atoms with Crippen LogP contribution in [-0.4, -0.2) is 31.6 Å². The van der Waals surface area contributed by atoms with Gasteiger partial charge < -0.3 is 15.4 Å². The molecule has 5 nitrogen and oxygen atoms in total. The van der Waals surface area contributed by atoms with Crippen LogP contribution in [0.15, 0.2) is 18.3 Å². The van der Waals surface area contributed by atoms with Gasteiger partial charge in [0.25, 0.3) is 0 Å². The summed E-state index contributed by atoms with van der Waals surface area (Å²) in [4.78, 5) is 15.1. The lowest BCUT2D eigenvalue weighted by Gasteiger charge is -2.04. The van der Waals surface area contributed by atoms with Crippen molar-refractivity contribution in [3.8, 4) is 5.75 Å². The number of nitrogens with zero attached hydrogens (tertiary/aromatic N) is 1. The van der Waals surface area contributed by atoms with Gasteiger partial charge in [-0.25, -0.2) is 4.98 Å². The summed E-state index contributed by atoms with van der Waals surface area (Å²) in [6, 6.07) is 3.42. The molecule has 0 aliphatic heterocycles. The average molecular weight is 232 g/mol. The van der Waals surface area contributed by atoms with Crippen molar-refractivity contribution in [2.45, 2.75) is 0 Å². The Hall–Kier alpha value is -1.33. The highest BCUT2D eigenvalue weighted by Crippen LogP contribution is 2.10. The Morgan fingerprint density at radius 2 is 2.27 bits per heavy atom. The Kier molecular flexibility index (Phi) is 6.40. The molecule has 0 aliphatic carbocycles. The molecule has 0 aromatic carbocycles. The minimum absolute atomic E-state index is 0. The third-order valence-electron chi connectivity index (χ3n) is 1.58. The number of anilines is 1. The minimum atomic E-state index is -0.120. The maximum Gasteiger partial charge on any atom is 0.239 e. The first-order valence-corrected chi connectivity index (χ1v) is 4.20. The molecule has 0 unspecified atom stereocenters. The van der Waals surface area contributed by atoms with Crippen LogP contribution in [0.5, 0.6) is 5.75 Å². The second kappa shape index (κ2) is 7.03. The molecule has 2 N–H and O–H groups in total. The van der Waals surface area contributed by atoms with Gasteiger partial charge >= 0.3 is 0 Å². The fourth-order valence-corrected chi connectivity index (χ4v) is 0.923. The lowest BCUT2D eigenvalue weighted by Crippen LogP contribution is -2.25.